The summed E-state index contributed by atoms with van der Waals surface area (Å²) in [6.45, 7) is 4.37. The SMILES string of the molecule is CCNC(=O)[C@H](C)N(Cc1c(Cl)cccc1Cl)C(=O)CCc1ccc2c(c1)OCO2. The predicted octanol–water partition coefficient (Wildman–Crippen LogP) is 4.21. The van der Waals surface area contributed by atoms with Crippen LogP contribution in [0.1, 0.15) is 31.4 Å². The number of halogens is 2. The monoisotopic (exact) mass is 450 g/mol. The van der Waals surface area contributed by atoms with Crippen molar-refractivity contribution in [3.8, 4) is 11.5 Å². The minimum atomic E-state index is -0.665. The lowest BCUT2D eigenvalue weighted by molar-refractivity contribution is -0.140. The van der Waals surface area contributed by atoms with Gasteiger partial charge in [-0.05, 0) is 50.1 Å². The highest BCUT2D eigenvalue weighted by Crippen LogP contribution is 2.33. The first-order chi connectivity index (χ1) is 14.4. The van der Waals surface area contributed by atoms with Gasteiger partial charge in [-0.3, -0.25) is 9.59 Å². The predicted molar refractivity (Wildman–Crippen MR) is 116 cm³/mol. The van der Waals surface area contributed by atoms with Crippen LogP contribution in [0.4, 0.5) is 0 Å². The third-order valence-electron chi connectivity index (χ3n) is 4.97. The van der Waals surface area contributed by atoms with Gasteiger partial charge in [0.1, 0.15) is 6.04 Å². The van der Waals surface area contributed by atoms with E-state index in [9.17, 15) is 9.59 Å². The summed E-state index contributed by atoms with van der Waals surface area (Å²) in [6.07, 6.45) is 0.732. The number of likely N-dealkylation sites (N-methyl/N-ethyl adjacent to an activating group) is 1. The van der Waals surface area contributed by atoms with Crippen LogP contribution in [0.5, 0.6) is 11.5 Å². The lowest BCUT2D eigenvalue weighted by atomic mass is 10.1. The molecule has 0 saturated heterocycles. The van der Waals surface area contributed by atoms with Crippen molar-refractivity contribution in [3.05, 3.63) is 57.6 Å². The summed E-state index contributed by atoms with van der Waals surface area (Å²) in [5.41, 5.74) is 1.57. The molecule has 160 valence electrons. The zero-order valence-electron chi connectivity index (χ0n) is 16.9. The van der Waals surface area contributed by atoms with Crippen LogP contribution in [-0.2, 0) is 22.6 Å². The van der Waals surface area contributed by atoms with Gasteiger partial charge in [-0.1, -0.05) is 35.3 Å². The Labute approximate surface area is 186 Å². The van der Waals surface area contributed by atoms with Crippen LogP contribution in [0, 0.1) is 0 Å². The number of benzene rings is 2. The first-order valence-electron chi connectivity index (χ1n) is 9.79. The Morgan fingerprint density at radius 1 is 1.13 bits per heavy atom. The fourth-order valence-corrected chi connectivity index (χ4v) is 3.77. The third-order valence-corrected chi connectivity index (χ3v) is 5.68. The number of rotatable bonds is 8. The highest BCUT2D eigenvalue weighted by molar-refractivity contribution is 6.36. The number of nitrogens with one attached hydrogen (secondary N) is 1. The molecule has 0 saturated carbocycles. The molecule has 0 spiro atoms. The molecule has 0 radical (unpaired) electrons. The first kappa shape index (κ1) is 22.2. The van der Waals surface area contributed by atoms with E-state index in [1.54, 1.807) is 25.1 Å². The molecule has 0 unspecified atom stereocenters. The van der Waals surface area contributed by atoms with E-state index in [1.807, 2.05) is 25.1 Å². The van der Waals surface area contributed by atoms with E-state index in [-0.39, 0.29) is 31.6 Å². The maximum Gasteiger partial charge on any atom is 0.242 e. The minimum absolute atomic E-state index is 0.150. The molecule has 1 atom stereocenters. The molecule has 8 heteroatoms. The Hall–Kier alpha value is -2.44. The van der Waals surface area contributed by atoms with Gasteiger partial charge in [0.05, 0.1) is 0 Å². The normalized spacial score (nSPS) is 13.1. The molecule has 6 nitrogen and oxygen atoms in total. The number of hydrogen-bond acceptors (Lipinski definition) is 4. The lowest BCUT2D eigenvalue weighted by Crippen LogP contribution is -2.47. The fraction of sp³-hybridized carbons (Fsp3) is 0.364. The lowest BCUT2D eigenvalue weighted by Gasteiger charge is -2.29. The van der Waals surface area contributed by atoms with Gasteiger partial charge in [-0.15, -0.1) is 0 Å². The van der Waals surface area contributed by atoms with E-state index in [1.165, 1.54) is 4.90 Å². The second kappa shape index (κ2) is 10.0. The number of nitrogens with zero attached hydrogens (tertiary/aromatic N) is 1. The van der Waals surface area contributed by atoms with Gasteiger partial charge >= 0.3 is 0 Å². The van der Waals surface area contributed by atoms with Gasteiger partial charge in [-0.2, -0.15) is 0 Å². The molecule has 1 heterocycles. The van der Waals surface area contributed by atoms with Crippen LogP contribution >= 0.6 is 23.2 Å². The summed E-state index contributed by atoms with van der Waals surface area (Å²) in [5.74, 6) is 0.986. The second-order valence-corrected chi connectivity index (χ2v) is 7.79. The molecule has 2 aromatic rings. The summed E-state index contributed by atoms with van der Waals surface area (Å²) in [7, 11) is 0. The zero-order valence-corrected chi connectivity index (χ0v) is 18.4. The van der Waals surface area contributed by atoms with Gasteiger partial charge in [0.25, 0.3) is 0 Å². The summed E-state index contributed by atoms with van der Waals surface area (Å²) in [5, 5.41) is 3.68. The number of amides is 2. The summed E-state index contributed by atoms with van der Waals surface area (Å²) in [6, 6.07) is 10.1. The maximum atomic E-state index is 13.1. The van der Waals surface area contributed by atoms with Crippen LogP contribution in [-0.4, -0.2) is 36.1 Å². The molecule has 1 aliphatic rings. The number of carbonyl (C=O) groups is 2. The molecule has 1 N–H and O–H groups in total. The van der Waals surface area contributed by atoms with Crippen molar-refractivity contribution in [2.24, 2.45) is 0 Å². The number of hydrogen-bond donors (Lipinski definition) is 1. The van der Waals surface area contributed by atoms with Crippen LogP contribution in [0.15, 0.2) is 36.4 Å². The van der Waals surface area contributed by atoms with Gasteiger partial charge in [-0.25, -0.2) is 0 Å². The average molecular weight is 451 g/mol. The highest BCUT2D eigenvalue weighted by Gasteiger charge is 2.27. The number of aryl methyl sites for hydroxylation is 1. The fourth-order valence-electron chi connectivity index (χ4n) is 3.25. The minimum Gasteiger partial charge on any atom is -0.454 e. The Balaban J connectivity index is 1.76. The van der Waals surface area contributed by atoms with E-state index >= 15 is 0 Å². The third kappa shape index (κ3) is 5.18. The Kier molecular flexibility index (Phi) is 7.45. The Morgan fingerprint density at radius 2 is 1.83 bits per heavy atom. The molecule has 0 aromatic heterocycles. The summed E-state index contributed by atoms with van der Waals surface area (Å²) in [4.78, 5) is 27.1. The Bertz CT molecular complexity index is 915. The summed E-state index contributed by atoms with van der Waals surface area (Å²) >= 11 is 12.6. The van der Waals surface area contributed by atoms with Crippen molar-refractivity contribution in [2.45, 2.75) is 39.3 Å². The van der Waals surface area contributed by atoms with E-state index < -0.39 is 6.04 Å². The molecule has 2 aromatic carbocycles. The number of carbonyl (C=O) groups excluding carboxylic acids is 2. The van der Waals surface area contributed by atoms with E-state index in [4.69, 9.17) is 32.7 Å². The molecule has 0 aliphatic carbocycles. The van der Waals surface area contributed by atoms with Gasteiger partial charge in [0.2, 0.25) is 18.6 Å². The Morgan fingerprint density at radius 3 is 2.53 bits per heavy atom. The van der Waals surface area contributed by atoms with Crippen LogP contribution < -0.4 is 14.8 Å². The zero-order chi connectivity index (χ0) is 21.7. The maximum absolute atomic E-state index is 13.1. The smallest absolute Gasteiger partial charge is 0.242 e. The van der Waals surface area contributed by atoms with Crippen LogP contribution in [0.25, 0.3) is 0 Å². The quantitative estimate of drug-likeness (QED) is 0.653. The van der Waals surface area contributed by atoms with Crippen molar-refractivity contribution >= 4 is 35.0 Å². The molecule has 3 rings (SSSR count). The van der Waals surface area contributed by atoms with Crippen molar-refractivity contribution in [2.75, 3.05) is 13.3 Å². The van der Waals surface area contributed by atoms with Gasteiger partial charge in [0, 0.05) is 35.1 Å². The van der Waals surface area contributed by atoms with Gasteiger partial charge in [0.15, 0.2) is 11.5 Å². The highest BCUT2D eigenvalue weighted by atomic mass is 35.5. The standard InChI is InChI=1S/C22H24Cl2N2O4/c1-3-25-22(28)14(2)26(12-16-17(23)5-4-6-18(16)24)21(27)10-8-15-7-9-19-20(11-15)30-13-29-19/h4-7,9,11,14H,3,8,10,12-13H2,1-2H3,(H,25,28)/t14-/m0/s1. The molecule has 30 heavy (non-hydrogen) atoms. The summed E-state index contributed by atoms with van der Waals surface area (Å²) < 4.78 is 10.7. The van der Waals surface area contributed by atoms with E-state index in [0.29, 0.717) is 40.1 Å². The largest absolute Gasteiger partial charge is 0.454 e. The van der Waals surface area contributed by atoms with Gasteiger partial charge < -0.3 is 19.7 Å². The second-order valence-electron chi connectivity index (χ2n) is 6.98. The van der Waals surface area contributed by atoms with Crippen molar-refractivity contribution < 1.29 is 19.1 Å². The number of ether oxygens (including phenoxy) is 2. The van der Waals surface area contributed by atoms with Crippen LogP contribution in [0.3, 0.4) is 0 Å². The van der Waals surface area contributed by atoms with Crippen LogP contribution in [0.2, 0.25) is 10.0 Å². The molecular weight excluding hydrogens is 427 g/mol. The van der Waals surface area contributed by atoms with Crippen molar-refractivity contribution in [1.82, 2.24) is 10.2 Å². The van der Waals surface area contributed by atoms with Crippen molar-refractivity contribution in [3.63, 3.8) is 0 Å². The molecule has 2 amide bonds. The van der Waals surface area contributed by atoms with E-state index in [2.05, 4.69) is 5.32 Å². The molecule has 0 fully saturated rings. The first-order valence-corrected chi connectivity index (χ1v) is 10.5. The van der Waals surface area contributed by atoms with E-state index in [0.717, 1.165) is 5.56 Å². The molecule has 0 bridgehead atoms. The van der Waals surface area contributed by atoms with Crippen molar-refractivity contribution in [1.29, 1.82) is 0 Å². The topological polar surface area (TPSA) is 67.9 Å². The molecule has 1 aliphatic heterocycles. The molecular formula is C22H24Cl2N2O4. The number of fused-ring (bicyclic) bond motifs is 1. The average Bonchev–Trinajstić information content (AvgIpc) is 3.19.